The molecular weight excluding hydrogens is 421 g/mol. The number of para-hydroxylation sites is 1. The molecule has 4 rings (SSSR count). The first-order chi connectivity index (χ1) is 15.4. The lowest BCUT2D eigenvalue weighted by atomic mass is 10.1. The fourth-order valence-corrected chi connectivity index (χ4v) is 3.72. The van der Waals surface area contributed by atoms with Gasteiger partial charge in [-0.15, -0.1) is 10.2 Å². The van der Waals surface area contributed by atoms with Gasteiger partial charge in [0.1, 0.15) is 5.75 Å². The number of halogens is 3. The van der Waals surface area contributed by atoms with Crippen LogP contribution in [-0.2, 0) is 6.18 Å². The molecule has 0 spiro atoms. The van der Waals surface area contributed by atoms with Crippen molar-refractivity contribution in [3.63, 3.8) is 0 Å². The van der Waals surface area contributed by atoms with E-state index in [1.165, 1.54) is 23.1 Å². The Morgan fingerprint density at radius 1 is 0.906 bits per heavy atom. The van der Waals surface area contributed by atoms with E-state index in [9.17, 15) is 18.0 Å². The van der Waals surface area contributed by atoms with Gasteiger partial charge in [-0.2, -0.15) is 13.2 Å². The minimum absolute atomic E-state index is 0.293. The number of piperazine rings is 1. The molecule has 1 aliphatic heterocycles. The quantitative estimate of drug-likeness (QED) is 0.608. The fourth-order valence-electron chi connectivity index (χ4n) is 3.72. The van der Waals surface area contributed by atoms with Crippen LogP contribution in [0.2, 0.25) is 0 Å². The molecule has 0 N–H and O–H groups in total. The van der Waals surface area contributed by atoms with Crippen molar-refractivity contribution in [1.29, 1.82) is 0 Å². The molecule has 0 radical (unpaired) electrons. The molecule has 2 aromatic carbocycles. The van der Waals surface area contributed by atoms with Gasteiger partial charge in [0.05, 0.1) is 23.9 Å². The fraction of sp³-hybridized carbons (Fsp3) is 0.261. The first-order valence-corrected chi connectivity index (χ1v) is 10.1. The molecule has 0 bridgehead atoms. The molecular formula is C23H21F3N4O2. The first-order valence-electron chi connectivity index (χ1n) is 10.1. The van der Waals surface area contributed by atoms with Gasteiger partial charge in [-0.1, -0.05) is 24.3 Å². The summed E-state index contributed by atoms with van der Waals surface area (Å²) >= 11 is 0. The van der Waals surface area contributed by atoms with Crippen LogP contribution < -0.4 is 9.64 Å². The van der Waals surface area contributed by atoms with Gasteiger partial charge in [0.15, 0.2) is 5.82 Å². The Labute approximate surface area is 183 Å². The average Bonchev–Trinajstić information content (AvgIpc) is 2.83. The lowest BCUT2D eigenvalue weighted by Gasteiger charge is -2.35. The second-order valence-corrected chi connectivity index (χ2v) is 7.30. The normalized spacial score (nSPS) is 14.4. The van der Waals surface area contributed by atoms with Gasteiger partial charge < -0.3 is 14.5 Å². The Kier molecular flexibility index (Phi) is 5.98. The van der Waals surface area contributed by atoms with Crippen LogP contribution in [0.4, 0.5) is 19.0 Å². The topological polar surface area (TPSA) is 58.6 Å². The number of nitrogens with zero attached hydrogens (tertiary/aromatic N) is 4. The highest BCUT2D eigenvalue weighted by Gasteiger charge is 2.36. The van der Waals surface area contributed by atoms with Gasteiger partial charge in [-0.3, -0.25) is 4.79 Å². The Balaban J connectivity index is 1.44. The molecule has 3 aromatic rings. The molecule has 9 heteroatoms. The Morgan fingerprint density at radius 3 is 2.25 bits per heavy atom. The summed E-state index contributed by atoms with van der Waals surface area (Å²) < 4.78 is 45.1. The Morgan fingerprint density at radius 2 is 1.59 bits per heavy atom. The monoisotopic (exact) mass is 442 g/mol. The largest absolute Gasteiger partial charge is 0.496 e. The summed E-state index contributed by atoms with van der Waals surface area (Å²) in [5.41, 5.74) is 0.260. The predicted molar refractivity (Wildman–Crippen MR) is 114 cm³/mol. The number of hydrogen-bond donors (Lipinski definition) is 0. The maximum atomic E-state index is 13.3. The van der Waals surface area contributed by atoms with E-state index in [1.54, 1.807) is 7.11 Å². The van der Waals surface area contributed by atoms with Crippen LogP contribution in [0.1, 0.15) is 15.9 Å². The Hall–Kier alpha value is -3.62. The lowest BCUT2D eigenvalue weighted by molar-refractivity contribution is -0.138. The molecule has 0 unspecified atom stereocenters. The highest BCUT2D eigenvalue weighted by Crippen LogP contribution is 2.33. The van der Waals surface area contributed by atoms with E-state index >= 15 is 0 Å². The molecule has 1 saturated heterocycles. The predicted octanol–water partition coefficient (Wildman–Crippen LogP) is 4.13. The second kappa shape index (κ2) is 8.86. The van der Waals surface area contributed by atoms with Gasteiger partial charge in [0.25, 0.3) is 5.91 Å². The van der Waals surface area contributed by atoms with E-state index in [0.29, 0.717) is 43.4 Å². The van der Waals surface area contributed by atoms with Gasteiger partial charge in [-0.05, 0) is 36.4 Å². The summed E-state index contributed by atoms with van der Waals surface area (Å²) in [4.78, 5) is 16.1. The third kappa shape index (κ3) is 4.37. The highest BCUT2D eigenvalue weighted by atomic mass is 19.4. The van der Waals surface area contributed by atoms with E-state index in [0.717, 1.165) is 11.6 Å². The number of aromatic nitrogens is 2. The zero-order chi connectivity index (χ0) is 22.7. The summed E-state index contributed by atoms with van der Waals surface area (Å²) in [5, 5.41) is 8.59. The molecule has 1 amide bonds. The minimum atomic E-state index is -4.58. The van der Waals surface area contributed by atoms with Crippen molar-refractivity contribution in [2.75, 3.05) is 38.2 Å². The number of rotatable bonds is 4. The van der Waals surface area contributed by atoms with Gasteiger partial charge in [0, 0.05) is 31.7 Å². The van der Waals surface area contributed by atoms with E-state index in [-0.39, 0.29) is 5.56 Å². The third-order valence-electron chi connectivity index (χ3n) is 5.39. The van der Waals surface area contributed by atoms with Crippen LogP contribution in [0.3, 0.4) is 0 Å². The molecule has 1 fully saturated rings. The second-order valence-electron chi connectivity index (χ2n) is 7.30. The first kappa shape index (κ1) is 21.6. The van der Waals surface area contributed by atoms with Crippen LogP contribution in [0.5, 0.6) is 5.75 Å². The Bertz CT molecular complexity index is 1090. The third-order valence-corrected chi connectivity index (χ3v) is 5.39. The molecule has 6 nitrogen and oxygen atoms in total. The number of alkyl halides is 3. The highest BCUT2D eigenvalue weighted by molar-refractivity contribution is 5.96. The van der Waals surface area contributed by atoms with E-state index in [1.807, 2.05) is 41.3 Å². The summed E-state index contributed by atoms with van der Waals surface area (Å²) in [6, 6.07) is 16.1. The van der Waals surface area contributed by atoms with Crippen molar-refractivity contribution in [3.05, 3.63) is 71.8 Å². The van der Waals surface area contributed by atoms with Crippen molar-refractivity contribution < 1.29 is 22.7 Å². The van der Waals surface area contributed by atoms with E-state index < -0.39 is 17.6 Å². The number of carbonyl (C=O) groups is 1. The molecule has 1 aromatic heterocycles. The smallest absolute Gasteiger partial charge is 0.417 e. The van der Waals surface area contributed by atoms with Crippen molar-refractivity contribution in [1.82, 2.24) is 15.1 Å². The number of methoxy groups -OCH3 is 1. The summed E-state index contributed by atoms with van der Waals surface area (Å²) in [5.74, 6) is 0.724. The van der Waals surface area contributed by atoms with Crippen molar-refractivity contribution in [2.24, 2.45) is 0 Å². The van der Waals surface area contributed by atoms with Crippen LogP contribution in [0, 0.1) is 0 Å². The molecule has 1 aliphatic rings. The number of ether oxygens (including phenoxy) is 1. The number of hydrogen-bond acceptors (Lipinski definition) is 5. The molecule has 2 heterocycles. The van der Waals surface area contributed by atoms with Crippen molar-refractivity contribution in [3.8, 4) is 17.0 Å². The summed E-state index contributed by atoms with van der Waals surface area (Å²) in [7, 11) is 1.59. The van der Waals surface area contributed by atoms with E-state index in [4.69, 9.17) is 4.74 Å². The number of anilines is 1. The molecule has 166 valence electrons. The lowest BCUT2D eigenvalue weighted by Crippen LogP contribution is -2.49. The van der Waals surface area contributed by atoms with Crippen molar-refractivity contribution in [2.45, 2.75) is 6.18 Å². The van der Waals surface area contributed by atoms with Gasteiger partial charge >= 0.3 is 6.18 Å². The maximum Gasteiger partial charge on any atom is 0.417 e. The summed E-state index contributed by atoms with van der Waals surface area (Å²) in [6.07, 6.45) is -4.58. The SMILES string of the molecule is COc1ccccc1-c1ccc(N2CCN(C(=O)c3ccccc3C(F)(F)F)CC2)nn1. The van der Waals surface area contributed by atoms with Gasteiger partial charge in [-0.25, -0.2) is 0 Å². The van der Waals surface area contributed by atoms with Crippen LogP contribution in [0.15, 0.2) is 60.7 Å². The van der Waals surface area contributed by atoms with Gasteiger partial charge in [0.2, 0.25) is 0 Å². The molecule has 0 aliphatic carbocycles. The van der Waals surface area contributed by atoms with Crippen LogP contribution in [0.25, 0.3) is 11.3 Å². The number of benzene rings is 2. The molecule has 0 saturated carbocycles. The molecule has 0 atom stereocenters. The van der Waals surface area contributed by atoms with Crippen LogP contribution >= 0.6 is 0 Å². The number of amides is 1. The zero-order valence-electron chi connectivity index (χ0n) is 17.3. The maximum absolute atomic E-state index is 13.3. The van der Waals surface area contributed by atoms with Crippen LogP contribution in [-0.4, -0.2) is 54.3 Å². The molecule has 32 heavy (non-hydrogen) atoms. The summed E-state index contributed by atoms with van der Waals surface area (Å²) in [6.45, 7) is 1.48. The van der Waals surface area contributed by atoms with Crippen molar-refractivity contribution >= 4 is 11.7 Å². The standard InChI is InChI=1S/C23H21F3N4O2/c1-32-20-9-5-3-7-17(20)19-10-11-21(28-27-19)29-12-14-30(15-13-29)22(31)16-6-2-4-8-18(16)23(24,25)26/h2-11H,12-15H2,1H3. The average molecular weight is 442 g/mol. The minimum Gasteiger partial charge on any atom is -0.496 e. The number of carbonyl (C=O) groups excluding carboxylic acids is 1. The van der Waals surface area contributed by atoms with E-state index in [2.05, 4.69) is 10.2 Å². The zero-order valence-corrected chi connectivity index (χ0v) is 17.3.